The fourth-order valence-electron chi connectivity index (χ4n) is 5.97. The standard InChI is InChI=1S/C24H46N6O11/c1-29-17-18(35)20-15(4-10(28)22(40-20)39-19-9(27)2-8(26)3-12(19)32)37-24(17)41-23-13(33)5-11(16(7-31)38-23)30-21(36)14(34)6-25/h8-20,22-24,29,31-35H,2-7,25-28H2,1H3,(H,30,36)/t8-,9-,10?,11+,12?,13?,14+,15+,16?,17?,18?,19-,20?,22+,23-,24?/m1/s1. The fraction of sp³-hybridized carbons (Fsp3) is 0.958. The molecule has 0 radical (unpaired) electrons. The summed E-state index contributed by atoms with van der Waals surface area (Å²) < 4.78 is 29.8. The van der Waals surface area contributed by atoms with Gasteiger partial charge in [0.1, 0.15) is 36.6 Å². The van der Waals surface area contributed by atoms with Gasteiger partial charge >= 0.3 is 0 Å². The molecule has 4 fully saturated rings. The number of hydrogen-bond acceptors (Lipinski definition) is 16. The lowest BCUT2D eigenvalue weighted by molar-refractivity contribution is -0.367. The Morgan fingerprint density at radius 2 is 1.68 bits per heavy atom. The number of ether oxygens (including phenoxy) is 5. The number of nitrogens with two attached hydrogens (primary N) is 4. The number of aliphatic hydroxyl groups is 5. The molecule has 16 atom stereocenters. The molecule has 1 aliphatic carbocycles. The summed E-state index contributed by atoms with van der Waals surface area (Å²) in [4.78, 5) is 12.1. The van der Waals surface area contributed by atoms with Gasteiger partial charge in [0.2, 0.25) is 5.91 Å². The molecule has 1 amide bonds. The second-order valence-corrected chi connectivity index (χ2v) is 11.3. The molecule has 1 saturated carbocycles. The van der Waals surface area contributed by atoms with Crippen molar-refractivity contribution >= 4 is 5.91 Å². The third-order valence-corrected chi connectivity index (χ3v) is 8.23. The average Bonchev–Trinajstić information content (AvgIpc) is 2.92. The van der Waals surface area contributed by atoms with Crippen molar-refractivity contribution in [1.29, 1.82) is 0 Å². The number of fused-ring (bicyclic) bond motifs is 1. The van der Waals surface area contributed by atoms with Crippen LogP contribution in [-0.2, 0) is 28.5 Å². The summed E-state index contributed by atoms with van der Waals surface area (Å²) in [6.07, 6.45) is -10.5. The topological polar surface area (TPSA) is 293 Å². The number of likely N-dealkylation sites (N-methyl/N-ethyl adjacent to an activating group) is 1. The minimum atomic E-state index is -1.45. The predicted octanol–water partition coefficient (Wildman–Crippen LogP) is -6.41. The van der Waals surface area contributed by atoms with Crippen LogP contribution in [0.4, 0.5) is 0 Å². The molecule has 238 valence electrons. The number of amides is 1. The van der Waals surface area contributed by atoms with Crippen LogP contribution in [0.15, 0.2) is 0 Å². The summed E-state index contributed by atoms with van der Waals surface area (Å²) in [5, 5.41) is 57.4. The molecule has 41 heavy (non-hydrogen) atoms. The Morgan fingerprint density at radius 3 is 2.32 bits per heavy atom. The lowest BCUT2D eigenvalue weighted by Gasteiger charge is -2.51. The van der Waals surface area contributed by atoms with E-state index >= 15 is 0 Å². The molecule has 17 nitrogen and oxygen atoms in total. The van der Waals surface area contributed by atoms with Crippen LogP contribution in [0.1, 0.15) is 25.7 Å². The first-order chi connectivity index (χ1) is 19.5. The Balaban J connectivity index is 1.38. The summed E-state index contributed by atoms with van der Waals surface area (Å²) >= 11 is 0. The molecule has 17 heteroatoms. The van der Waals surface area contributed by atoms with Crippen LogP contribution in [0.25, 0.3) is 0 Å². The van der Waals surface area contributed by atoms with Crippen molar-refractivity contribution in [3.8, 4) is 0 Å². The average molecular weight is 595 g/mol. The van der Waals surface area contributed by atoms with Crippen molar-refractivity contribution < 1.29 is 54.0 Å². The van der Waals surface area contributed by atoms with E-state index in [2.05, 4.69) is 10.6 Å². The Kier molecular flexibility index (Phi) is 11.3. The highest BCUT2D eigenvalue weighted by atomic mass is 16.8. The summed E-state index contributed by atoms with van der Waals surface area (Å²) in [5.41, 5.74) is 23.8. The van der Waals surface area contributed by atoms with E-state index in [4.69, 9.17) is 46.6 Å². The van der Waals surface area contributed by atoms with Crippen molar-refractivity contribution in [2.45, 2.75) is 124 Å². The largest absolute Gasteiger partial charge is 0.394 e. The van der Waals surface area contributed by atoms with Gasteiger partial charge in [-0.25, -0.2) is 0 Å². The van der Waals surface area contributed by atoms with Crippen LogP contribution >= 0.6 is 0 Å². The van der Waals surface area contributed by atoms with E-state index in [-0.39, 0.29) is 25.4 Å². The molecule has 0 bridgehead atoms. The molecular weight excluding hydrogens is 548 g/mol. The van der Waals surface area contributed by atoms with Crippen molar-refractivity contribution in [2.24, 2.45) is 22.9 Å². The smallest absolute Gasteiger partial charge is 0.250 e. The fourth-order valence-corrected chi connectivity index (χ4v) is 5.97. The first-order valence-corrected chi connectivity index (χ1v) is 14.0. The number of aliphatic hydroxyl groups excluding tert-OH is 5. The summed E-state index contributed by atoms with van der Waals surface area (Å²) in [6, 6.07) is -3.10. The first-order valence-electron chi connectivity index (χ1n) is 14.0. The highest BCUT2D eigenvalue weighted by Gasteiger charge is 2.53. The van der Waals surface area contributed by atoms with Gasteiger partial charge < -0.3 is 82.8 Å². The zero-order chi connectivity index (χ0) is 30.0. The Hall–Kier alpha value is -1.13. The minimum absolute atomic E-state index is 0.0580. The lowest BCUT2D eigenvalue weighted by atomic mass is 9.86. The first kappa shape index (κ1) is 32.8. The van der Waals surface area contributed by atoms with Crippen LogP contribution in [0.3, 0.4) is 0 Å². The normalized spacial score (nSPS) is 47.8. The van der Waals surface area contributed by atoms with Gasteiger partial charge in [-0.3, -0.25) is 4.79 Å². The molecule has 0 spiro atoms. The second kappa shape index (κ2) is 14.1. The molecule has 8 unspecified atom stereocenters. The summed E-state index contributed by atoms with van der Waals surface area (Å²) in [5.74, 6) is -0.759. The van der Waals surface area contributed by atoms with Crippen molar-refractivity contribution in [1.82, 2.24) is 10.6 Å². The van der Waals surface area contributed by atoms with E-state index in [0.717, 1.165) is 0 Å². The maximum Gasteiger partial charge on any atom is 0.250 e. The third-order valence-electron chi connectivity index (χ3n) is 8.23. The molecular formula is C24H46N6O11. The number of nitrogens with one attached hydrogen (secondary N) is 2. The maximum atomic E-state index is 12.1. The van der Waals surface area contributed by atoms with Crippen LogP contribution in [-0.4, -0.2) is 150 Å². The molecule has 0 aromatic heterocycles. The van der Waals surface area contributed by atoms with Gasteiger partial charge in [-0.2, -0.15) is 0 Å². The molecule has 0 aromatic rings. The molecule has 0 aromatic carbocycles. The van der Waals surface area contributed by atoms with E-state index in [1.807, 2.05) is 0 Å². The quantitative estimate of drug-likeness (QED) is 0.118. The van der Waals surface area contributed by atoms with Gasteiger partial charge in [0, 0.05) is 25.0 Å². The van der Waals surface area contributed by atoms with Gasteiger partial charge in [-0.1, -0.05) is 0 Å². The zero-order valence-corrected chi connectivity index (χ0v) is 23.0. The SMILES string of the molecule is CNC1C(O[C@H]2OC(CO)[C@@H](NC(=O)[C@@H](O)CN)CC2O)O[C@H]2CC(N)[C@@H](O[C@H]3C(O)C[C@H](N)C[C@H]3N)OC2C1O. The Labute approximate surface area is 237 Å². The van der Waals surface area contributed by atoms with E-state index in [1.54, 1.807) is 7.05 Å². The second-order valence-electron chi connectivity index (χ2n) is 11.3. The highest BCUT2D eigenvalue weighted by molar-refractivity contribution is 5.81. The van der Waals surface area contributed by atoms with Gasteiger partial charge in [0.05, 0.1) is 36.9 Å². The van der Waals surface area contributed by atoms with E-state index in [9.17, 15) is 30.3 Å². The molecule has 3 saturated heterocycles. The van der Waals surface area contributed by atoms with E-state index < -0.39 is 104 Å². The lowest BCUT2D eigenvalue weighted by Crippen LogP contribution is -2.69. The van der Waals surface area contributed by atoms with E-state index in [1.165, 1.54) is 0 Å². The van der Waals surface area contributed by atoms with Crippen molar-refractivity contribution in [2.75, 3.05) is 20.2 Å². The number of carbonyl (C=O) groups excluding carboxylic acids is 1. The Morgan fingerprint density at radius 1 is 0.951 bits per heavy atom. The maximum absolute atomic E-state index is 12.1. The van der Waals surface area contributed by atoms with E-state index in [0.29, 0.717) is 12.8 Å². The number of rotatable bonds is 9. The van der Waals surface area contributed by atoms with Gasteiger partial charge in [-0.05, 0) is 26.3 Å². The van der Waals surface area contributed by atoms with Crippen LogP contribution in [0.2, 0.25) is 0 Å². The molecule has 3 aliphatic heterocycles. The minimum Gasteiger partial charge on any atom is -0.394 e. The highest BCUT2D eigenvalue weighted by Crippen LogP contribution is 2.35. The van der Waals surface area contributed by atoms with Crippen LogP contribution in [0.5, 0.6) is 0 Å². The number of carbonyl (C=O) groups is 1. The Bertz CT molecular complexity index is 851. The molecule has 3 heterocycles. The van der Waals surface area contributed by atoms with Crippen LogP contribution < -0.4 is 33.6 Å². The van der Waals surface area contributed by atoms with Gasteiger partial charge in [0.25, 0.3) is 0 Å². The molecule has 15 N–H and O–H groups in total. The van der Waals surface area contributed by atoms with Gasteiger partial charge in [-0.15, -0.1) is 0 Å². The van der Waals surface area contributed by atoms with Crippen molar-refractivity contribution in [3.05, 3.63) is 0 Å². The monoisotopic (exact) mass is 594 g/mol. The van der Waals surface area contributed by atoms with Gasteiger partial charge in [0.15, 0.2) is 18.9 Å². The summed E-state index contributed by atoms with van der Waals surface area (Å²) in [7, 11) is 1.58. The number of hydrogen-bond donors (Lipinski definition) is 11. The van der Waals surface area contributed by atoms with Crippen LogP contribution in [0, 0.1) is 0 Å². The zero-order valence-electron chi connectivity index (χ0n) is 23.0. The molecule has 4 rings (SSSR count). The molecule has 4 aliphatic rings. The predicted molar refractivity (Wildman–Crippen MR) is 139 cm³/mol. The summed E-state index contributed by atoms with van der Waals surface area (Å²) in [6.45, 7) is -0.808. The van der Waals surface area contributed by atoms with Crippen molar-refractivity contribution in [3.63, 3.8) is 0 Å². The third kappa shape index (κ3) is 7.34.